The summed E-state index contributed by atoms with van der Waals surface area (Å²) in [5, 5.41) is 89.9. The molecule has 11 atom stereocenters. The van der Waals surface area contributed by atoms with Gasteiger partial charge in [0.2, 0.25) is 0 Å². The maximum absolute atomic E-state index is 10.4. The number of aliphatic hydroxyl groups is 8. The number of hydrogen-bond acceptors (Lipinski definition) is 13. The summed E-state index contributed by atoms with van der Waals surface area (Å²) in [5.41, 5.74) is 4.77. The molecule has 4 aromatic rings. The van der Waals surface area contributed by atoms with Crippen LogP contribution in [0.5, 0.6) is 11.5 Å². The van der Waals surface area contributed by atoms with E-state index in [1.807, 2.05) is 30.3 Å². The van der Waals surface area contributed by atoms with E-state index >= 15 is 0 Å². The van der Waals surface area contributed by atoms with Gasteiger partial charge >= 0.3 is 0 Å². The number of halogens is 2. The van der Waals surface area contributed by atoms with Crippen LogP contribution in [0.15, 0.2) is 84.9 Å². The fourth-order valence-corrected chi connectivity index (χ4v) is 7.47. The fourth-order valence-electron chi connectivity index (χ4n) is 7.11. The van der Waals surface area contributed by atoms with Gasteiger partial charge in [0, 0.05) is 16.5 Å². The summed E-state index contributed by atoms with van der Waals surface area (Å²) in [5.74, 6) is 0.968. The van der Waals surface area contributed by atoms with Gasteiger partial charge < -0.3 is 64.9 Å². The molecular weight excluding hydrogens is 783 g/mol. The smallest absolute Gasteiger partial charge is 0.124 e. The SMILES string of the molecule is OC[C@H]1O[C@@H](c2ccc(Cl)c(Cc3ccc(O)cc3)c2)[C@H](O)[C@@H](O)[C@@H]1O.OC[C@H]1O[C@@H](c2ccc(Cl)c(Cc3ccc(O[C@H]4CCOC4)cc3)c2)[C@H](O)[C@@H](O)[C@@H]1O. The predicted octanol–water partition coefficient (Wildman–Crippen LogP) is 2.76. The Hall–Kier alpha value is -3.38. The van der Waals surface area contributed by atoms with E-state index in [4.69, 9.17) is 42.1 Å². The topological polar surface area (TPSA) is 219 Å². The summed E-state index contributed by atoms with van der Waals surface area (Å²) in [6.07, 6.45) is -9.98. The van der Waals surface area contributed by atoms with Gasteiger partial charge in [-0.2, -0.15) is 0 Å². The van der Waals surface area contributed by atoms with Gasteiger partial charge in [-0.1, -0.05) is 71.7 Å². The van der Waals surface area contributed by atoms with Crippen molar-refractivity contribution in [1.82, 2.24) is 0 Å². The Bertz CT molecular complexity index is 1890. The van der Waals surface area contributed by atoms with E-state index in [1.165, 1.54) is 0 Å². The fraction of sp³-hybridized carbons (Fsp3) is 0.429. The van der Waals surface area contributed by atoms with Crippen LogP contribution in [0.3, 0.4) is 0 Å². The summed E-state index contributed by atoms with van der Waals surface area (Å²) in [6, 6.07) is 24.9. The Balaban J connectivity index is 0.000000196. The second kappa shape index (κ2) is 19.6. The van der Waals surface area contributed by atoms with Crippen molar-refractivity contribution >= 4 is 23.2 Å². The Kier molecular flexibility index (Phi) is 14.8. The van der Waals surface area contributed by atoms with Crippen molar-refractivity contribution in [3.8, 4) is 11.5 Å². The third kappa shape index (κ3) is 10.4. The predicted molar refractivity (Wildman–Crippen MR) is 208 cm³/mol. The van der Waals surface area contributed by atoms with E-state index in [9.17, 15) is 46.0 Å². The van der Waals surface area contributed by atoms with Crippen LogP contribution in [-0.2, 0) is 27.1 Å². The molecule has 3 saturated heterocycles. The highest BCUT2D eigenvalue weighted by molar-refractivity contribution is 6.31. The average molecular weight is 832 g/mol. The van der Waals surface area contributed by atoms with Crippen LogP contribution in [0.2, 0.25) is 10.0 Å². The molecule has 0 bridgehead atoms. The highest BCUT2D eigenvalue weighted by Gasteiger charge is 2.45. The zero-order valence-electron chi connectivity index (χ0n) is 30.8. The van der Waals surface area contributed by atoms with Gasteiger partial charge in [-0.25, -0.2) is 0 Å². The monoisotopic (exact) mass is 830 g/mol. The number of phenolic OH excluding ortho intramolecular Hbond substituents is 1. The molecule has 0 amide bonds. The summed E-state index contributed by atoms with van der Waals surface area (Å²) in [6.45, 7) is 0.396. The maximum Gasteiger partial charge on any atom is 0.124 e. The first-order valence-corrected chi connectivity index (χ1v) is 19.4. The Morgan fingerprint density at radius 2 is 1.04 bits per heavy atom. The van der Waals surface area contributed by atoms with Crippen molar-refractivity contribution in [3.05, 3.63) is 128 Å². The van der Waals surface area contributed by atoms with Gasteiger partial charge in [-0.15, -0.1) is 0 Å². The van der Waals surface area contributed by atoms with Gasteiger partial charge in [0.15, 0.2) is 0 Å². The van der Waals surface area contributed by atoms with Crippen LogP contribution in [0.25, 0.3) is 0 Å². The molecule has 13 nitrogen and oxygen atoms in total. The lowest BCUT2D eigenvalue weighted by atomic mass is 9.90. The second-order valence-electron chi connectivity index (χ2n) is 14.5. The highest BCUT2D eigenvalue weighted by Crippen LogP contribution is 2.36. The van der Waals surface area contributed by atoms with E-state index in [0.717, 1.165) is 41.0 Å². The number of phenols is 1. The Morgan fingerprint density at radius 1 is 0.579 bits per heavy atom. The third-order valence-electron chi connectivity index (χ3n) is 10.4. The van der Waals surface area contributed by atoms with Crippen molar-refractivity contribution in [1.29, 1.82) is 0 Å². The minimum Gasteiger partial charge on any atom is -0.508 e. The van der Waals surface area contributed by atoms with Crippen LogP contribution in [-0.4, -0.2) is 127 Å². The molecular formula is C42H48Cl2O13. The van der Waals surface area contributed by atoms with Gasteiger partial charge in [0.1, 0.15) is 78.6 Å². The number of ether oxygens (including phenoxy) is 4. The normalized spacial score (nSPS) is 30.0. The summed E-state index contributed by atoms with van der Waals surface area (Å²) in [4.78, 5) is 0. The van der Waals surface area contributed by atoms with Crippen molar-refractivity contribution in [3.63, 3.8) is 0 Å². The van der Waals surface area contributed by atoms with Gasteiger partial charge in [0.25, 0.3) is 0 Å². The minimum atomic E-state index is -1.43. The minimum absolute atomic E-state index is 0.0931. The molecule has 308 valence electrons. The molecule has 0 aliphatic carbocycles. The van der Waals surface area contributed by atoms with Crippen LogP contribution >= 0.6 is 23.2 Å². The van der Waals surface area contributed by atoms with Gasteiger partial charge in [-0.3, -0.25) is 0 Å². The molecule has 3 aliphatic rings. The van der Waals surface area contributed by atoms with Crippen LogP contribution < -0.4 is 4.74 Å². The van der Waals surface area contributed by atoms with Crippen molar-refractivity contribution in [2.24, 2.45) is 0 Å². The summed E-state index contributed by atoms with van der Waals surface area (Å²) >= 11 is 12.7. The van der Waals surface area contributed by atoms with Crippen molar-refractivity contribution < 1.29 is 64.9 Å². The number of benzene rings is 4. The summed E-state index contributed by atoms with van der Waals surface area (Å²) in [7, 11) is 0. The van der Waals surface area contributed by atoms with E-state index < -0.39 is 74.3 Å². The molecule has 9 N–H and O–H groups in total. The molecule has 0 aromatic heterocycles. The molecule has 15 heteroatoms. The highest BCUT2D eigenvalue weighted by atomic mass is 35.5. The zero-order valence-corrected chi connectivity index (χ0v) is 32.3. The Labute approximate surface area is 339 Å². The standard InChI is InChI=1S/C23H27ClO7.C19H21ClO6/c24-18-6-3-14(23-22(28)21(27)20(26)19(11-25)31-23)10-15(18)9-13-1-4-16(5-2-13)30-17-7-8-29-12-17;20-14-6-3-11(8-12(14)7-10-1-4-13(22)5-2-10)19-18(25)17(24)16(23)15(9-21)26-19/h1-6,10,17,19-23,25-28H,7-9,11-12H2;1-6,8,15-19,21-25H,7,9H2/t17-,19+,20+,21-,22+,23-;15-,16-,17+,18-,19+/m01/s1. The lowest BCUT2D eigenvalue weighted by Gasteiger charge is -2.40. The first-order chi connectivity index (χ1) is 27.4. The molecule has 0 radical (unpaired) electrons. The summed E-state index contributed by atoms with van der Waals surface area (Å²) < 4.78 is 22.5. The van der Waals surface area contributed by atoms with E-state index in [0.29, 0.717) is 40.6 Å². The quantitative estimate of drug-likeness (QED) is 0.113. The van der Waals surface area contributed by atoms with E-state index in [2.05, 4.69) is 0 Å². The van der Waals surface area contributed by atoms with Crippen LogP contribution in [0.1, 0.15) is 52.0 Å². The molecule has 0 saturated carbocycles. The third-order valence-corrected chi connectivity index (χ3v) is 11.2. The lowest BCUT2D eigenvalue weighted by molar-refractivity contribution is -0.231. The molecule has 7 rings (SSSR count). The van der Waals surface area contributed by atoms with Gasteiger partial charge in [0.05, 0.1) is 26.4 Å². The molecule has 3 heterocycles. The van der Waals surface area contributed by atoms with Gasteiger partial charge in [-0.05, 0) is 82.6 Å². The van der Waals surface area contributed by atoms with Crippen molar-refractivity contribution in [2.75, 3.05) is 26.4 Å². The second-order valence-corrected chi connectivity index (χ2v) is 15.3. The average Bonchev–Trinajstić information content (AvgIpc) is 3.73. The first kappa shape index (κ1) is 43.2. The van der Waals surface area contributed by atoms with Crippen LogP contribution in [0.4, 0.5) is 0 Å². The Morgan fingerprint density at radius 3 is 1.46 bits per heavy atom. The first-order valence-electron chi connectivity index (χ1n) is 18.7. The number of rotatable bonds is 10. The molecule has 4 aromatic carbocycles. The van der Waals surface area contributed by atoms with E-state index in [1.54, 1.807) is 54.6 Å². The largest absolute Gasteiger partial charge is 0.508 e. The van der Waals surface area contributed by atoms with E-state index in [-0.39, 0.29) is 11.9 Å². The number of aliphatic hydroxyl groups excluding tert-OH is 8. The lowest BCUT2D eigenvalue weighted by Crippen LogP contribution is -2.55. The zero-order chi connectivity index (χ0) is 40.8. The number of aromatic hydroxyl groups is 1. The molecule has 57 heavy (non-hydrogen) atoms. The maximum atomic E-state index is 10.4. The molecule has 3 aliphatic heterocycles. The number of hydrogen-bond donors (Lipinski definition) is 9. The molecule has 0 unspecified atom stereocenters. The van der Waals surface area contributed by atoms with Crippen molar-refractivity contribution in [2.45, 2.75) is 86.4 Å². The van der Waals surface area contributed by atoms with Crippen LogP contribution in [0, 0.1) is 0 Å². The molecule has 3 fully saturated rings. The molecule has 0 spiro atoms.